The molecule has 3 rings (SSSR count). The second-order valence-electron chi connectivity index (χ2n) is 20.4. The van der Waals surface area contributed by atoms with Gasteiger partial charge in [0.1, 0.15) is 17.8 Å². The smallest absolute Gasteiger partial charge is 0.317 e. The molecule has 304 valence electrons. The molecule has 2 N–H and O–H groups in total. The first-order chi connectivity index (χ1) is 24.2. The van der Waals surface area contributed by atoms with Crippen LogP contribution in [0.5, 0.6) is 5.75 Å². The molecule has 7 heteroatoms. The minimum absolute atomic E-state index is 0.0272. The third-order valence-electron chi connectivity index (χ3n) is 15.6. The van der Waals surface area contributed by atoms with Gasteiger partial charge in [0, 0.05) is 51.5 Å². The van der Waals surface area contributed by atoms with E-state index in [1.54, 1.807) is 0 Å². The van der Waals surface area contributed by atoms with Gasteiger partial charge in [-0.05, 0) is 150 Å². The highest BCUT2D eigenvalue weighted by Gasteiger charge is 2.59. The Hall–Kier alpha value is -2.12. The summed E-state index contributed by atoms with van der Waals surface area (Å²) in [7, 11) is 4.44. The summed E-state index contributed by atoms with van der Waals surface area (Å²) < 4.78 is 7.06. The number of hydrogen-bond donors (Lipinski definition) is 2. The Bertz CT molecular complexity index is 1380. The minimum atomic E-state index is -1.17. The fourth-order valence-corrected chi connectivity index (χ4v) is 11.0. The normalized spacial score (nSPS) is 23.0. The molecule has 0 saturated carbocycles. The number of carbonyl (C=O) groups excluding carboxylic acids is 1. The van der Waals surface area contributed by atoms with E-state index in [2.05, 4.69) is 140 Å². The third-order valence-corrected chi connectivity index (χ3v) is 15.6. The van der Waals surface area contributed by atoms with Crippen molar-refractivity contribution in [2.75, 3.05) is 14.1 Å². The number of aliphatic carboxylic acids is 1. The van der Waals surface area contributed by atoms with E-state index in [-0.39, 0.29) is 50.7 Å². The summed E-state index contributed by atoms with van der Waals surface area (Å²) in [5.41, 5.74) is 0.947. The zero-order valence-corrected chi connectivity index (χ0v) is 37.2. The molecule has 2 aliphatic heterocycles. The molecule has 2 aliphatic rings. The fraction of sp³-hybridized carbons (Fsp3) is 0.826. The van der Waals surface area contributed by atoms with Crippen molar-refractivity contribution in [3.8, 4) is 5.75 Å². The van der Waals surface area contributed by atoms with Crippen LogP contribution in [-0.2, 0) is 31.6 Å². The maximum absolute atomic E-state index is 14.1. The summed E-state index contributed by atoms with van der Waals surface area (Å²) in [6.45, 7) is 34.1. The summed E-state index contributed by atoms with van der Waals surface area (Å²) in [5.74, 6) is -1.26. The van der Waals surface area contributed by atoms with Gasteiger partial charge in [-0.1, -0.05) is 60.6 Å². The first kappa shape index (κ1) is 45.3. The number of carbonyl (C=O) groups is 2. The average Bonchev–Trinajstić information content (AvgIpc) is 3.05. The van der Waals surface area contributed by atoms with E-state index in [4.69, 9.17) is 4.74 Å². The molecule has 2 heterocycles. The van der Waals surface area contributed by atoms with Crippen LogP contribution in [0.15, 0.2) is 12.1 Å². The van der Waals surface area contributed by atoms with Gasteiger partial charge >= 0.3 is 11.9 Å². The number of phenolic OH excluding ortho intramolecular Hbond substituents is 1. The van der Waals surface area contributed by atoms with Gasteiger partial charge in [-0.15, -0.1) is 0 Å². The standard InChI is InChI=1S/C46H80N2O5/c1-18-34(32-27-40(6,7)47(16)41(8,9)28-32)46(53-38(51)25-37(49)50,33-29-42(10,11)48(17)43(12,13)30-33)26-31-23-35(44(14,19-2)20-3)39(52)36(24-31)45(15,21-4)22-5/h23-24,32-34,52H,18-22,25-30H2,1-17H3,(H,49,50). The summed E-state index contributed by atoms with van der Waals surface area (Å²) in [5, 5.41) is 22.1. The Morgan fingerprint density at radius 3 is 1.47 bits per heavy atom. The minimum Gasteiger partial charge on any atom is -0.507 e. The number of phenols is 1. The van der Waals surface area contributed by atoms with Crippen molar-refractivity contribution in [1.82, 2.24) is 9.80 Å². The van der Waals surface area contributed by atoms with Gasteiger partial charge < -0.3 is 14.9 Å². The van der Waals surface area contributed by atoms with E-state index < -0.39 is 24.0 Å². The average molecular weight is 741 g/mol. The van der Waals surface area contributed by atoms with Crippen molar-refractivity contribution in [3.63, 3.8) is 0 Å². The van der Waals surface area contributed by atoms with E-state index in [1.165, 1.54) is 0 Å². The molecule has 2 unspecified atom stereocenters. The lowest BCUT2D eigenvalue weighted by Crippen LogP contribution is -2.66. The topological polar surface area (TPSA) is 90.3 Å². The highest BCUT2D eigenvalue weighted by atomic mass is 16.6. The Morgan fingerprint density at radius 2 is 1.13 bits per heavy atom. The number of carboxylic acids is 1. The van der Waals surface area contributed by atoms with Crippen LogP contribution in [-0.4, -0.2) is 73.8 Å². The molecule has 7 nitrogen and oxygen atoms in total. The molecule has 2 fully saturated rings. The second-order valence-corrected chi connectivity index (χ2v) is 20.4. The third kappa shape index (κ3) is 8.82. The monoisotopic (exact) mass is 741 g/mol. The highest BCUT2D eigenvalue weighted by Crippen LogP contribution is 2.56. The van der Waals surface area contributed by atoms with Crippen LogP contribution in [0.25, 0.3) is 0 Å². The number of carboxylic acid groups (broad SMARTS) is 1. The quantitative estimate of drug-likeness (QED) is 0.137. The maximum Gasteiger partial charge on any atom is 0.317 e. The molecule has 0 amide bonds. The number of piperidine rings is 2. The van der Waals surface area contributed by atoms with E-state index >= 15 is 0 Å². The molecule has 2 saturated heterocycles. The van der Waals surface area contributed by atoms with Gasteiger partial charge in [0.05, 0.1) is 0 Å². The molecule has 0 radical (unpaired) electrons. The van der Waals surface area contributed by atoms with Crippen molar-refractivity contribution in [2.24, 2.45) is 17.8 Å². The Kier molecular flexibility index (Phi) is 13.5. The van der Waals surface area contributed by atoms with Crippen LogP contribution in [0.1, 0.15) is 185 Å². The zero-order valence-electron chi connectivity index (χ0n) is 37.2. The molecular formula is C46H80N2O5. The molecule has 0 bridgehead atoms. The Balaban J connectivity index is 2.53. The lowest BCUT2D eigenvalue weighted by atomic mass is 9.56. The molecule has 53 heavy (non-hydrogen) atoms. The van der Waals surface area contributed by atoms with Crippen molar-refractivity contribution in [3.05, 3.63) is 28.8 Å². The van der Waals surface area contributed by atoms with E-state index in [1.807, 2.05) is 0 Å². The molecular weight excluding hydrogens is 661 g/mol. The number of esters is 1. The van der Waals surface area contributed by atoms with Crippen LogP contribution in [0.3, 0.4) is 0 Å². The van der Waals surface area contributed by atoms with E-state index in [0.29, 0.717) is 12.2 Å². The molecule has 1 aromatic rings. The predicted octanol–water partition coefficient (Wildman–Crippen LogP) is 10.7. The van der Waals surface area contributed by atoms with Crippen LogP contribution >= 0.6 is 0 Å². The van der Waals surface area contributed by atoms with Crippen LogP contribution in [0.2, 0.25) is 0 Å². The van der Waals surface area contributed by atoms with Crippen LogP contribution < -0.4 is 0 Å². The van der Waals surface area contributed by atoms with E-state index in [0.717, 1.165) is 74.5 Å². The van der Waals surface area contributed by atoms with Gasteiger partial charge in [-0.2, -0.15) is 0 Å². The highest BCUT2D eigenvalue weighted by molar-refractivity contribution is 5.90. The first-order valence-electron chi connectivity index (χ1n) is 20.9. The second kappa shape index (κ2) is 15.8. The summed E-state index contributed by atoms with van der Waals surface area (Å²) in [6.07, 6.45) is 7.63. The summed E-state index contributed by atoms with van der Waals surface area (Å²) in [6, 6.07) is 4.44. The summed E-state index contributed by atoms with van der Waals surface area (Å²) in [4.78, 5) is 31.3. The number of likely N-dealkylation sites (tertiary alicyclic amines) is 2. The SMILES string of the molecule is CCC(C1CC(C)(C)N(C)C(C)(C)C1)C(Cc1cc(C(C)(CC)CC)c(O)c(C(C)(CC)CC)c1)(OC(=O)CC(=O)O)C1CC(C)(C)N(C)C(C)(C)C1. The van der Waals surface area contributed by atoms with Crippen molar-refractivity contribution >= 4 is 11.9 Å². The number of hydrogen-bond acceptors (Lipinski definition) is 6. The van der Waals surface area contributed by atoms with Crippen molar-refractivity contribution in [1.29, 1.82) is 0 Å². The van der Waals surface area contributed by atoms with Gasteiger partial charge in [-0.25, -0.2) is 0 Å². The number of nitrogens with zero attached hydrogens (tertiary/aromatic N) is 2. The first-order valence-corrected chi connectivity index (χ1v) is 20.9. The van der Waals surface area contributed by atoms with Gasteiger partial charge in [0.2, 0.25) is 0 Å². The van der Waals surface area contributed by atoms with Crippen molar-refractivity contribution < 1.29 is 24.5 Å². The van der Waals surface area contributed by atoms with Gasteiger partial charge in [-0.3, -0.25) is 19.4 Å². The molecule has 0 aliphatic carbocycles. The number of benzene rings is 1. The number of aromatic hydroxyl groups is 1. The zero-order chi connectivity index (χ0) is 40.8. The lowest BCUT2D eigenvalue weighted by Gasteiger charge is -2.61. The molecule has 0 spiro atoms. The lowest BCUT2D eigenvalue weighted by molar-refractivity contribution is -0.200. The van der Waals surface area contributed by atoms with E-state index in [9.17, 15) is 19.8 Å². The summed E-state index contributed by atoms with van der Waals surface area (Å²) >= 11 is 0. The maximum atomic E-state index is 14.1. The van der Waals surface area contributed by atoms with Gasteiger partial charge in [0.25, 0.3) is 0 Å². The molecule has 2 atom stereocenters. The molecule has 0 aromatic heterocycles. The Labute approximate surface area is 325 Å². The van der Waals surface area contributed by atoms with Crippen LogP contribution in [0, 0.1) is 17.8 Å². The number of rotatable bonds is 15. The van der Waals surface area contributed by atoms with Gasteiger partial charge in [0.15, 0.2) is 0 Å². The molecule has 1 aromatic carbocycles. The fourth-order valence-electron chi connectivity index (χ4n) is 11.0. The predicted molar refractivity (Wildman–Crippen MR) is 220 cm³/mol. The largest absolute Gasteiger partial charge is 0.507 e. The number of ether oxygens (including phenoxy) is 1. The van der Waals surface area contributed by atoms with Crippen LogP contribution in [0.4, 0.5) is 0 Å². The Morgan fingerprint density at radius 1 is 0.755 bits per heavy atom. The van der Waals surface area contributed by atoms with Crippen molar-refractivity contribution in [2.45, 2.75) is 213 Å².